The zero-order valence-corrected chi connectivity index (χ0v) is 19.7. The second kappa shape index (κ2) is 8.90. The highest BCUT2D eigenvalue weighted by molar-refractivity contribution is 9.10. The minimum absolute atomic E-state index is 0.212. The first kappa shape index (κ1) is 22.3. The van der Waals surface area contributed by atoms with Crippen LogP contribution in [0.3, 0.4) is 0 Å². The van der Waals surface area contributed by atoms with Crippen molar-refractivity contribution in [1.29, 1.82) is 0 Å². The largest absolute Gasteiger partial charge is 0.486 e. The van der Waals surface area contributed by atoms with Crippen LogP contribution in [0.4, 0.5) is 9.18 Å². The first-order valence-corrected chi connectivity index (χ1v) is 11.1. The Kier molecular flexibility index (Phi) is 6.19. The van der Waals surface area contributed by atoms with Crippen LogP contribution in [0.1, 0.15) is 37.7 Å². The molecule has 0 spiro atoms. The number of carbonyl (C=O) groups excluding carboxylic acids is 1. The van der Waals surface area contributed by atoms with E-state index in [4.69, 9.17) is 9.47 Å². The van der Waals surface area contributed by atoms with Crippen molar-refractivity contribution in [1.82, 2.24) is 19.7 Å². The first-order valence-electron chi connectivity index (χ1n) is 10.3. The molecular formula is C23H24BrFN4O3. The molecule has 0 fully saturated rings. The Bertz CT molecular complexity index is 1140. The van der Waals surface area contributed by atoms with Gasteiger partial charge in [-0.15, -0.1) is 0 Å². The molecule has 2 aromatic heterocycles. The molecule has 0 aliphatic carbocycles. The molecule has 0 bridgehead atoms. The molecule has 3 aromatic rings. The Labute approximate surface area is 194 Å². The van der Waals surface area contributed by atoms with Crippen LogP contribution in [0.15, 0.2) is 47.2 Å². The highest BCUT2D eigenvalue weighted by atomic mass is 79.9. The molecule has 0 radical (unpaired) electrons. The van der Waals surface area contributed by atoms with Gasteiger partial charge in [-0.05, 0) is 61.0 Å². The van der Waals surface area contributed by atoms with E-state index in [1.54, 1.807) is 34.1 Å². The summed E-state index contributed by atoms with van der Waals surface area (Å²) in [5.74, 6) is 0.307. The Morgan fingerprint density at radius 1 is 1.28 bits per heavy atom. The molecule has 1 amide bonds. The molecule has 0 unspecified atom stereocenters. The van der Waals surface area contributed by atoms with E-state index >= 15 is 0 Å². The summed E-state index contributed by atoms with van der Waals surface area (Å²) >= 11 is 3.52. The van der Waals surface area contributed by atoms with Gasteiger partial charge in [0.15, 0.2) is 0 Å². The number of pyridine rings is 1. The SMILES string of the molecule is CC(C)(C)OC(=O)N1CCc2ncc(Br)c(OCc3ccn(-c4cccc(F)c4)n3)c2C1. The van der Waals surface area contributed by atoms with E-state index in [9.17, 15) is 9.18 Å². The van der Waals surface area contributed by atoms with E-state index in [1.165, 1.54) is 12.1 Å². The highest BCUT2D eigenvalue weighted by Crippen LogP contribution is 2.34. The summed E-state index contributed by atoms with van der Waals surface area (Å²) in [6.07, 6.45) is 3.73. The number of aromatic nitrogens is 3. The van der Waals surface area contributed by atoms with Gasteiger partial charge in [-0.1, -0.05) is 6.07 Å². The molecule has 168 valence electrons. The number of carbonyl (C=O) groups is 1. The highest BCUT2D eigenvalue weighted by Gasteiger charge is 2.29. The van der Waals surface area contributed by atoms with Gasteiger partial charge in [0.1, 0.15) is 29.5 Å². The Morgan fingerprint density at radius 2 is 2.09 bits per heavy atom. The number of fused-ring (bicyclic) bond motifs is 1. The lowest BCUT2D eigenvalue weighted by atomic mass is 10.1. The molecule has 4 rings (SSSR count). The van der Waals surface area contributed by atoms with Crippen LogP contribution in [0.5, 0.6) is 5.75 Å². The quantitative estimate of drug-likeness (QED) is 0.499. The molecule has 0 atom stereocenters. The molecule has 7 nitrogen and oxygen atoms in total. The first-order chi connectivity index (χ1) is 15.2. The third-order valence-corrected chi connectivity index (χ3v) is 5.44. The standard InChI is InChI=1S/C23H24BrFN4O3/c1-23(2,3)32-22(30)28-9-8-20-18(13-28)21(19(24)12-26-20)31-14-16-7-10-29(27-16)17-6-4-5-15(25)11-17/h4-7,10-12H,8-9,13-14H2,1-3H3. The Morgan fingerprint density at radius 3 is 2.84 bits per heavy atom. The smallest absolute Gasteiger partial charge is 0.410 e. The second-order valence-electron chi connectivity index (χ2n) is 8.53. The summed E-state index contributed by atoms with van der Waals surface area (Å²) in [5.41, 5.74) is 2.50. The van der Waals surface area contributed by atoms with Crippen molar-refractivity contribution < 1.29 is 18.7 Å². The van der Waals surface area contributed by atoms with Crippen LogP contribution in [0.25, 0.3) is 5.69 Å². The topological polar surface area (TPSA) is 69.5 Å². The fourth-order valence-electron chi connectivity index (χ4n) is 3.42. The van der Waals surface area contributed by atoms with Crippen molar-refractivity contribution in [2.75, 3.05) is 6.54 Å². The van der Waals surface area contributed by atoms with Crippen molar-refractivity contribution in [2.24, 2.45) is 0 Å². The number of halogens is 2. The summed E-state index contributed by atoms with van der Waals surface area (Å²) < 4.78 is 27.4. The molecule has 1 aliphatic heterocycles. The van der Waals surface area contributed by atoms with Crippen molar-refractivity contribution >= 4 is 22.0 Å². The minimum Gasteiger partial charge on any atom is -0.486 e. The van der Waals surface area contributed by atoms with E-state index in [-0.39, 0.29) is 18.5 Å². The van der Waals surface area contributed by atoms with E-state index in [0.717, 1.165) is 11.3 Å². The predicted octanol–water partition coefficient (Wildman–Crippen LogP) is 5.04. The van der Waals surface area contributed by atoms with Gasteiger partial charge in [0.05, 0.1) is 22.4 Å². The molecule has 3 heterocycles. The Balaban J connectivity index is 1.50. The summed E-state index contributed by atoms with van der Waals surface area (Å²) in [4.78, 5) is 18.7. The predicted molar refractivity (Wildman–Crippen MR) is 120 cm³/mol. The summed E-state index contributed by atoms with van der Waals surface area (Å²) in [6, 6.07) is 8.04. The maximum Gasteiger partial charge on any atom is 0.410 e. The van der Waals surface area contributed by atoms with Gasteiger partial charge in [0, 0.05) is 30.9 Å². The lowest BCUT2D eigenvalue weighted by Crippen LogP contribution is -2.40. The van der Waals surface area contributed by atoms with Crippen LogP contribution < -0.4 is 4.74 Å². The Hall–Kier alpha value is -2.94. The van der Waals surface area contributed by atoms with Gasteiger partial charge >= 0.3 is 6.09 Å². The van der Waals surface area contributed by atoms with E-state index in [1.807, 2.05) is 26.8 Å². The molecule has 32 heavy (non-hydrogen) atoms. The maximum absolute atomic E-state index is 13.5. The van der Waals surface area contributed by atoms with E-state index in [2.05, 4.69) is 26.0 Å². The maximum atomic E-state index is 13.5. The summed E-state index contributed by atoms with van der Waals surface area (Å²) in [5, 5.41) is 4.47. The molecule has 9 heteroatoms. The third kappa shape index (κ3) is 5.09. The zero-order valence-electron chi connectivity index (χ0n) is 18.1. The van der Waals surface area contributed by atoms with Crippen molar-refractivity contribution in [3.63, 3.8) is 0 Å². The average Bonchev–Trinajstić information content (AvgIpc) is 3.20. The zero-order chi connectivity index (χ0) is 22.9. The van der Waals surface area contributed by atoms with Crippen molar-refractivity contribution in [2.45, 2.75) is 45.9 Å². The monoisotopic (exact) mass is 502 g/mol. The molecule has 0 N–H and O–H groups in total. The van der Waals surface area contributed by atoms with E-state index < -0.39 is 5.60 Å². The van der Waals surface area contributed by atoms with Crippen LogP contribution >= 0.6 is 15.9 Å². The number of amides is 1. The molecular weight excluding hydrogens is 479 g/mol. The number of hydrogen-bond acceptors (Lipinski definition) is 5. The molecule has 1 aromatic carbocycles. The summed E-state index contributed by atoms with van der Waals surface area (Å²) in [7, 11) is 0. The molecule has 0 saturated heterocycles. The number of ether oxygens (including phenoxy) is 2. The fraction of sp³-hybridized carbons (Fsp3) is 0.348. The van der Waals surface area contributed by atoms with Gasteiger partial charge in [-0.2, -0.15) is 5.10 Å². The lowest BCUT2D eigenvalue weighted by Gasteiger charge is -2.31. The molecule has 0 saturated carbocycles. The summed E-state index contributed by atoms with van der Waals surface area (Å²) in [6.45, 7) is 6.64. The van der Waals surface area contributed by atoms with Gasteiger partial charge in [0.25, 0.3) is 0 Å². The van der Waals surface area contributed by atoms with Crippen molar-refractivity contribution in [3.05, 3.63) is 70.0 Å². The van der Waals surface area contributed by atoms with Gasteiger partial charge < -0.3 is 14.4 Å². The normalized spacial score (nSPS) is 13.6. The fourth-order valence-corrected chi connectivity index (χ4v) is 3.88. The average molecular weight is 503 g/mol. The van der Waals surface area contributed by atoms with Crippen LogP contribution in [0, 0.1) is 5.82 Å². The number of benzene rings is 1. The van der Waals surface area contributed by atoms with Crippen LogP contribution in [0.2, 0.25) is 0 Å². The van der Waals surface area contributed by atoms with Gasteiger partial charge in [-0.25, -0.2) is 13.9 Å². The minimum atomic E-state index is -0.563. The van der Waals surface area contributed by atoms with Crippen LogP contribution in [-0.2, 0) is 24.3 Å². The van der Waals surface area contributed by atoms with E-state index in [0.29, 0.717) is 41.1 Å². The third-order valence-electron chi connectivity index (χ3n) is 4.87. The van der Waals surface area contributed by atoms with Crippen LogP contribution in [-0.4, -0.2) is 37.9 Å². The van der Waals surface area contributed by atoms with Gasteiger partial charge in [0.2, 0.25) is 0 Å². The second-order valence-corrected chi connectivity index (χ2v) is 9.39. The molecule has 1 aliphatic rings. The lowest BCUT2D eigenvalue weighted by molar-refractivity contribution is 0.0220. The van der Waals surface area contributed by atoms with Crippen molar-refractivity contribution in [3.8, 4) is 11.4 Å². The number of nitrogens with zero attached hydrogens (tertiary/aromatic N) is 4. The number of rotatable bonds is 4. The number of hydrogen-bond donors (Lipinski definition) is 0. The van der Waals surface area contributed by atoms with Gasteiger partial charge in [-0.3, -0.25) is 4.98 Å².